The fourth-order valence-electron chi connectivity index (χ4n) is 3.76. The van der Waals surface area contributed by atoms with Crippen molar-refractivity contribution in [1.29, 1.82) is 0 Å². The van der Waals surface area contributed by atoms with Gasteiger partial charge in [0.15, 0.2) is 0 Å². The number of carbonyl (C=O) groups is 1. The average Bonchev–Trinajstić information content (AvgIpc) is 2.68. The number of benzene rings is 1. The summed E-state index contributed by atoms with van der Waals surface area (Å²) in [6.45, 7) is 5.28. The number of hydrogen-bond acceptors (Lipinski definition) is 4. The van der Waals surface area contributed by atoms with Gasteiger partial charge in [0.1, 0.15) is 5.82 Å². The Morgan fingerprint density at radius 3 is 2.46 bits per heavy atom. The number of hydrogen-bond donors (Lipinski definition) is 1. The Bertz CT molecular complexity index is 837. The number of anilines is 1. The number of carbonyl (C=O) groups excluding carboxylic acids is 1. The fourth-order valence-corrected chi connectivity index (χ4v) is 3.76. The van der Waals surface area contributed by atoms with Crippen LogP contribution in [0.15, 0.2) is 48.0 Å². The van der Waals surface area contributed by atoms with Crippen LogP contribution in [0.4, 0.5) is 5.82 Å². The molecule has 0 radical (unpaired) electrons. The van der Waals surface area contributed by atoms with Crippen LogP contribution < -0.4 is 5.73 Å². The van der Waals surface area contributed by atoms with Crippen molar-refractivity contribution in [2.75, 3.05) is 39.5 Å². The SMILES string of the molecule is C/C(=C\c1ccccc1)CN1CCC(c2ccc(C(=O)N(C)C)c(N)n2)CC1. The topological polar surface area (TPSA) is 62.5 Å². The summed E-state index contributed by atoms with van der Waals surface area (Å²) in [6, 6.07) is 14.2. The maximum absolute atomic E-state index is 12.1. The van der Waals surface area contributed by atoms with Crippen molar-refractivity contribution in [3.05, 3.63) is 64.9 Å². The zero-order chi connectivity index (χ0) is 20.1. The minimum absolute atomic E-state index is 0.105. The van der Waals surface area contributed by atoms with Crippen LogP contribution in [0.25, 0.3) is 6.08 Å². The average molecular weight is 379 g/mol. The van der Waals surface area contributed by atoms with Gasteiger partial charge in [0.25, 0.3) is 5.91 Å². The molecule has 0 aliphatic carbocycles. The van der Waals surface area contributed by atoms with Gasteiger partial charge in [-0.15, -0.1) is 0 Å². The van der Waals surface area contributed by atoms with Crippen molar-refractivity contribution in [2.45, 2.75) is 25.7 Å². The lowest BCUT2D eigenvalue weighted by Crippen LogP contribution is -2.34. The van der Waals surface area contributed by atoms with Crippen molar-refractivity contribution < 1.29 is 4.79 Å². The molecule has 148 valence electrons. The van der Waals surface area contributed by atoms with Crippen molar-refractivity contribution in [3.8, 4) is 0 Å². The van der Waals surface area contributed by atoms with Crippen molar-refractivity contribution in [3.63, 3.8) is 0 Å². The molecule has 3 rings (SSSR count). The van der Waals surface area contributed by atoms with Gasteiger partial charge in [-0.1, -0.05) is 42.0 Å². The number of aromatic nitrogens is 1. The van der Waals surface area contributed by atoms with E-state index in [0.29, 0.717) is 17.3 Å². The highest BCUT2D eigenvalue weighted by Gasteiger charge is 2.23. The second-order valence-corrected chi connectivity index (χ2v) is 7.82. The van der Waals surface area contributed by atoms with Gasteiger partial charge in [-0.2, -0.15) is 0 Å². The first-order valence-electron chi connectivity index (χ1n) is 9.86. The van der Waals surface area contributed by atoms with E-state index in [9.17, 15) is 4.79 Å². The summed E-state index contributed by atoms with van der Waals surface area (Å²) < 4.78 is 0. The number of pyridine rings is 1. The lowest BCUT2D eigenvalue weighted by molar-refractivity contribution is 0.0828. The molecule has 0 saturated carbocycles. The maximum atomic E-state index is 12.1. The minimum atomic E-state index is -0.105. The molecule has 0 unspecified atom stereocenters. The number of nitrogens with zero attached hydrogens (tertiary/aromatic N) is 3. The second kappa shape index (κ2) is 9.02. The maximum Gasteiger partial charge on any atom is 0.257 e. The molecule has 1 amide bonds. The largest absolute Gasteiger partial charge is 0.383 e. The van der Waals surface area contributed by atoms with Gasteiger partial charge in [-0.3, -0.25) is 9.69 Å². The van der Waals surface area contributed by atoms with Crippen molar-refractivity contribution >= 4 is 17.8 Å². The molecular formula is C23H30N4O. The van der Waals surface area contributed by atoms with E-state index in [4.69, 9.17) is 5.73 Å². The molecule has 2 heterocycles. The van der Waals surface area contributed by atoms with Crippen LogP contribution in [0.3, 0.4) is 0 Å². The lowest BCUT2D eigenvalue weighted by Gasteiger charge is -2.32. The number of amides is 1. The first-order valence-corrected chi connectivity index (χ1v) is 9.86. The first kappa shape index (κ1) is 20.1. The highest BCUT2D eigenvalue weighted by molar-refractivity contribution is 5.98. The number of piperidine rings is 1. The normalized spacial score (nSPS) is 16.2. The fraction of sp³-hybridized carbons (Fsp3) is 0.391. The minimum Gasteiger partial charge on any atom is -0.383 e. The Kier molecular flexibility index (Phi) is 6.47. The smallest absolute Gasteiger partial charge is 0.257 e. The molecule has 1 aliphatic heterocycles. The summed E-state index contributed by atoms with van der Waals surface area (Å²) in [7, 11) is 3.44. The van der Waals surface area contributed by atoms with Crippen LogP contribution in [0, 0.1) is 0 Å². The van der Waals surface area contributed by atoms with Crippen LogP contribution in [0.1, 0.15) is 47.3 Å². The van der Waals surface area contributed by atoms with Gasteiger partial charge < -0.3 is 10.6 Å². The molecule has 1 aromatic carbocycles. The van der Waals surface area contributed by atoms with Crippen LogP contribution in [0.5, 0.6) is 0 Å². The van der Waals surface area contributed by atoms with Gasteiger partial charge in [-0.25, -0.2) is 4.98 Å². The van der Waals surface area contributed by atoms with Gasteiger partial charge in [-0.05, 0) is 50.6 Å². The summed E-state index contributed by atoms with van der Waals surface area (Å²) >= 11 is 0. The molecule has 5 nitrogen and oxygen atoms in total. The third-order valence-electron chi connectivity index (χ3n) is 5.27. The zero-order valence-electron chi connectivity index (χ0n) is 17.1. The summed E-state index contributed by atoms with van der Waals surface area (Å²) in [6.07, 6.45) is 4.38. The molecule has 1 fully saturated rings. The van der Waals surface area contributed by atoms with E-state index < -0.39 is 0 Å². The van der Waals surface area contributed by atoms with E-state index in [1.54, 1.807) is 14.1 Å². The standard InChI is InChI=1S/C23H30N4O/c1-17(15-18-7-5-4-6-8-18)16-27-13-11-19(12-14-27)21-10-9-20(22(24)25-21)23(28)26(2)3/h4-10,15,19H,11-14,16H2,1-3H3,(H2,24,25)/b17-15+. The molecule has 1 aromatic heterocycles. The first-order chi connectivity index (χ1) is 13.4. The number of nitrogens with two attached hydrogens (primary N) is 1. The lowest BCUT2D eigenvalue weighted by atomic mass is 9.92. The van der Waals surface area contributed by atoms with Crippen LogP contribution in [-0.2, 0) is 0 Å². The number of rotatable bonds is 5. The molecule has 2 aromatic rings. The summed E-state index contributed by atoms with van der Waals surface area (Å²) in [4.78, 5) is 20.7. The Hall–Kier alpha value is -2.66. The Morgan fingerprint density at radius 1 is 1.18 bits per heavy atom. The van der Waals surface area contributed by atoms with Crippen molar-refractivity contribution in [1.82, 2.24) is 14.8 Å². The molecule has 0 atom stereocenters. The van der Waals surface area contributed by atoms with Gasteiger partial charge in [0, 0.05) is 32.3 Å². The second-order valence-electron chi connectivity index (χ2n) is 7.82. The Labute approximate surface area is 167 Å². The zero-order valence-corrected chi connectivity index (χ0v) is 17.1. The van der Waals surface area contributed by atoms with Gasteiger partial charge in [0.2, 0.25) is 0 Å². The van der Waals surface area contributed by atoms with Crippen LogP contribution in [-0.4, -0.2) is 54.4 Å². The van der Waals surface area contributed by atoms with E-state index in [2.05, 4.69) is 47.1 Å². The van der Waals surface area contributed by atoms with E-state index >= 15 is 0 Å². The number of nitrogen functional groups attached to an aromatic ring is 1. The molecule has 0 bridgehead atoms. The summed E-state index contributed by atoms with van der Waals surface area (Å²) in [5, 5.41) is 0. The predicted octanol–water partition coefficient (Wildman–Crippen LogP) is 3.65. The highest BCUT2D eigenvalue weighted by atomic mass is 16.2. The van der Waals surface area contributed by atoms with E-state index in [1.807, 2.05) is 18.2 Å². The molecule has 0 spiro atoms. The monoisotopic (exact) mass is 378 g/mol. The molecule has 1 saturated heterocycles. The van der Waals surface area contributed by atoms with Crippen molar-refractivity contribution in [2.24, 2.45) is 0 Å². The molecular weight excluding hydrogens is 348 g/mol. The Balaban J connectivity index is 1.57. The quantitative estimate of drug-likeness (QED) is 0.863. The molecule has 1 aliphatic rings. The third kappa shape index (κ3) is 4.98. The van der Waals surface area contributed by atoms with E-state index in [0.717, 1.165) is 38.2 Å². The predicted molar refractivity (Wildman–Crippen MR) is 115 cm³/mol. The Morgan fingerprint density at radius 2 is 1.86 bits per heavy atom. The van der Waals surface area contributed by atoms with Gasteiger partial charge >= 0.3 is 0 Å². The van der Waals surface area contributed by atoms with E-state index in [-0.39, 0.29) is 5.91 Å². The summed E-state index contributed by atoms with van der Waals surface area (Å²) in [5.74, 6) is 0.632. The molecule has 5 heteroatoms. The van der Waals surface area contributed by atoms with Crippen LogP contribution in [0.2, 0.25) is 0 Å². The third-order valence-corrected chi connectivity index (χ3v) is 5.27. The highest BCUT2D eigenvalue weighted by Crippen LogP contribution is 2.28. The number of likely N-dealkylation sites (tertiary alicyclic amines) is 1. The molecule has 2 N–H and O–H groups in total. The van der Waals surface area contributed by atoms with Crippen LogP contribution >= 0.6 is 0 Å². The summed E-state index contributed by atoms with van der Waals surface area (Å²) in [5.41, 5.74) is 10.2. The molecule has 28 heavy (non-hydrogen) atoms. The van der Waals surface area contributed by atoms with Gasteiger partial charge in [0.05, 0.1) is 5.56 Å². The van der Waals surface area contributed by atoms with E-state index in [1.165, 1.54) is 16.0 Å².